The fourth-order valence-electron chi connectivity index (χ4n) is 3.61. The molecule has 1 N–H and O–H groups in total. The monoisotopic (exact) mass is 452 g/mol. The predicted octanol–water partition coefficient (Wildman–Crippen LogP) is 5.35. The van der Waals surface area contributed by atoms with Gasteiger partial charge in [-0.05, 0) is 56.5 Å². The van der Waals surface area contributed by atoms with Crippen molar-refractivity contribution in [2.24, 2.45) is 0 Å². The van der Waals surface area contributed by atoms with Gasteiger partial charge < -0.3 is 14.6 Å². The van der Waals surface area contributed by atoms with E-state index >= 15 is 0 Å². The summed E-state index contributed by atoms with van der Waals surface area (Å²) in [6.07, 6.45) is 1.06. The second-order valence-electron chi connectivity index (χ2n) is 7.74. The van der Waals surface area contributed by atoms with Crippen LogP contribution in [0.15, 0.2) is 54.6 Å². The molecule has 0 saturated heterocycles. The Morgan fingerprint density at radius 1 is 1.03 bits per heavy atom. The number of aryl methyl sites for hydroxylation is 1. The molecule has 0 bridgehead atoms. The van der Waals surface area contributed by atoms with Crippen LogP contribution in [0.2, 0.25) is 5.02 Å². The third kappa shape index (κ3) is 6.01. The summed E-state index contributed by atoms with van der Waals surface area (Å²) < 4.78 is 7.24. The van der Waals surface area contributed by atoms with Crippen LogP contribution in [0.3, 0.4) is 0 Å². The number of hydrogen-bond acceptors (Lipinski definition) is 3. The highest BCUT2D eigenvalue weighted by Crippen LogP contribution is 2.27. The lowest BCUT2D eigenvalue weighted by Crippen LogP contribution is -2.26. The number of rotatable bonds is 9. The molecule has 1 heterocycles. The van der Waals surface area contributed by atoms with E-state index in [-0.39, 0.29) is 11.9 Å². The Hall–Kier alpha value is -3.05. The second kappa shape index (κ2) is 11.0. The lowest BCUT2D eigenvalue weighted by molar-refractivity contribution is -0.121. The van der Waals surface area contributed by atoms with Crippen LogP contribution in [0.1, 0.15) is 40.5 Å². The van der Waals surface area contributed by atoms with Gasteiger partial charge in [0, 0.05) is 35.9 Å². The average Bonchev–Trinajstić information content (AvgIpc) is 3.10. The summed E-state index contributed by atoms with van der Waals surface area (Å²) in [6, 6.07) is 17.6. The maximum atomic E-state index is 12.5. The number of carbonyl (C=O) groups is 2. The third-order valence-corrected chi connectivity index (χ3v) is 5.67. The quantitative estimate of drug-likeness (QED) is 0.445. The van der Waals surface area contributed by atoms with E-state index in [9.17, 15) is 9.59 Å². The van der Waals surface area contributed by atoms with Crippen molar-refractivity contribution in [1.82, 2.24) is 9.88 Å². The highest BCUT2D eigenvalue weighted by atomic mass is 35.5. The minimum absolute atomic E-state index is 0.0281. The fraction of sp³-hybridized carbons (Fsp3) is 0.308. The van der Waals surface area contributed by atoms with Gasteiger partial charge >= 0.3 is 5.97 Å². The maximum Gasteiger partial charge on any atom is 0.339 e. The summed E-state index contributed by atoms with van der Waals surface area (Å²) in [5.74, 6) is -0.371. The minimum atomic E-state index is -0.343. The summed E-state index contributed by atoms with van der Waals surface area (Å²) in [5, 5.41) is 3.68. The summed E-state index contributed by atoms with van der Waals surface area (Å²) in [7, 11) is 0. The number of nitrogens with zero attached hydrogens (tertiary/aromatic N) is 1. The van der Waals surface area contributed by atoms with Crippen LogP contribution < -0.4 is 5.32 Å². The zero-order valence-electron chi connectivity index (χ0n) is 18.8. The van der Waals surface area contributed by atoms with Crippen molar-refractivity contribution in [3.63, 3.8) is 0 Å². The first-order valence-electron chi connectivity index (χ1n) is 10.8. The molecule has 32 heavy (non-hydrogen) atoms. The van der Waals surface area contributed by atoms with E-state index in [1.807, 2.05) is 73.0 Å². The summed E-state index contributed by atoms with van der Waals surface area (Å²) in [6.45, 7) is 7.07. The molecule has 3 rings (SSSR count). The molecular formula is C26H29ClN2O3. The molecule has 0 atom stereocenters. The number of hydrogen-bond donors (Lipinski definition) is 1. The van der Waals surface area contributed by atoms with Gasteiger partial charge in [0.2, 0.25) is 5.91 Å². The molecule has 1 amide bonds. The van der Waals surface area contributed by atoms with Gasteiger partial charge in [0.05, 0.1) is 12.2 Å². The van der Waals surface area contributed by atoms with Gasteiger partial charge in [-0.3, -0.25) is 4.79 Å². The first-order chi connectivity index (χ1) is 15.4. The number of aromatic nitrogens is 1. The molecule has 5 nitrogen and oxygen atoms in total. The predicted molar refractivity (Wildman–Crippen MR) is 128 cm³/mol. The van der Waals surface area contributed by atoms with E-state index in [0.717, 1.165) is 34.5 Å². The molecule has 2 aromatic carbocycles. The first-order valence-corrected chi connectivity index (χ1v) is 11.2. The smallest absolute Gasteiger partial charge is 0.339 e. The molecule has 0 radical (unpaired) electrons. The minimum Gasteiger partial charge on any atom is -0.462 e. The van der Waals surface area contributed by atoms with Crippen LogP contribution in [0.5, 0.6) is 0 Å². The Balaban J connectivity index is 1.69. The van der Waals surface area contributed by atoms with Gasteiger partial charge in [-0.2, -0.15) is 0 Å². The zero-order chi connectivity index (χ0) is 23.1. The fourth-order valence-corrected chi connectivity index (χ4v) is 3.74. The van der Waals surface area contributed by atoms with Crippen LogP contribution in [0.25, 0.3) is 11.3 Å². The third-order valence-electron chi connectivity index (χ3n) is 5.42. The zero-order valence-corrected chi connectivity index (χ0v) is 19.5. The Kier molecular flexibility index (Phi) is 8.12. The van der Waals surface area contributed by atoms with Crippen LogP contribution in [0, 0.1) is 13.8 Å². The van der Waals surface area contributed by atoms with E-state index in [1.54, 1.807) is 6.92 Å². The normalized spacial score (nSPS) is 10.8. The van der Waals surface area contributed by atoms with E-state index in [0.29, 0.717) is 36.7 Å². The van der Waals surface area contributed by atoms with Gasteiger partial charge in [-0.25, -0.2) is 4.79 Å². The van der Waals surface area contributed by atoms with E-state index in [4.69, 9.17) is 16.3 Å². The lowest BCUT2D eigenvalue weighted by Gasteiger charge is -2.13. The summed E-state index contributed by atoms with van der Waals surface area (Å²) >= 11 is 5.91. The first kappa shape index (κ1) is 23.6. The largest absolute Gasteiger partial charge is 0.462 e. The van der Waals surface area contributed by atoms with Gasteiger partial charge in [0.25, 0.3) is 0 Å². The number of amides is 1. The van der Waals surface area contributed by atoms with E-state index in [1.165, 1.54) is 0 Å². The number of nitrogens with one attached hydrogen (secondary N) is 1. The summed E-state index contributed by atoms with van der Waals surface area (Å²) in [5.41, 5.74) is 5.52. The number of halogens is 1. The standard InChI is InChI=1S/C26H29ClN2O3/c1-4-32-26(31)23-17-24(21-9-5-18(2)6-10-21)29(19(23)3)16-14-25(30)28-15-13-20-7-11-22(27)12-8-20/h5-12,17H,4,13-16H2,1-3H3,(H,28,30). The number of benzene rings is 2. The Morgan fingerprint density at radius 3 is 2.38 bits per heavy atom. The molecular weight excluding hydrogens is 424 g/mol. The molecule has 0 saturated carbocycles. The van der Waals surface area contributed by atoms with Crippen molar-refractivity contribution in [1.29, 1.82) is 0 Å². The van der Waals surface area contributed by atoms with Crippen molar-refractivity contribution < 1.29 is 14.3 Å². The second-order valence-corrected chi connectivity index (χ2v) is 8.18. The molecule has 0 fully saturated rings. The number of ether oxygens (including phenoxy) is 1. The molecule has 0 aliphatic carbocycles. The molecule has 1 aromatic heterocycles. The highest BCUT2D eigenvalue weighted by Gasteiger charge is 2.20. The molecule has 168 valence electrons. The lowest BCUT2D eigenvalue weighted by atomic mass is 10.1. The SMILES string of the molecule is CCOC(=O)c1cc(-c2ccc(C)cc2)n(CCC(=O)NCCc2ccc(Cl)cc2)c1C. The van der Waals surface area contributed by atoms with Crippen LogP contribution in [0.4, 0.5) is 0 Å². The molecule has 0 aliphatic rings. The Labute approximate surface area is 194 Å². The maximum absolute atomic E-state index is 12.5. The Bertz CT molecular complexity index is 1070. The van der Waals surface area contributed by atoms with Crippen molar-refractivity contribution in [2.45, 2.75) is 40.2 Å². The van der Waals surface area contributed by atoms with E-state index in [2.05, 4.69) is 5.32 Å². The van der Waals surface area contributed by atoms with Gasteiger partial charge in [-0.15, -0.1) is 0 Å². The number of carbonyl (C=O) groups excluding carboxylic acids is 2. The van der Waals surface area contributed by atoms with Gasteiger partial charge in [0.15, 0.2) is 0 Å². The molecule has 0 spiro atoms. The molecule has 0 unspecified atom stereocenters. The highest BCUT2D eigenvalue weighted by molar-refractivity contribution is 6.30. The Morgan fingerprint density at radius 2 is 1.72 bits per heavy atom. The van der Waals surface area contributed by atoms with Crippen LogP contribution in [-0.4, -0.2) is 29.6 Å². The van der Waals surface area contributed by atoms with Crippen molar-refractivity contribution in [2.75, 3.05) is 13.2 Å². The van der Waals surface area contributed by atoms with Crippen molar-refractivity contribution >= 4 is 23.5 Å². The summed E-state index contributed by atoms with van der Waals surface area (Å²) in [4.78, 5) is 24.9. The van der Waals surface area contributed by atoms with Crippen LogP contribution >= 0.6 is 11.6 Å². The van der Waals surface area contributed by atoms with E-state index < -0.39 is 0 Å². The molecule has 0 aliphatic heterocycles. The average molecular weight is 453 g/mol. The number of esters is 1. The molecule has 6 heteroatoms. The van der Waals surface area contributed by atoms with Gasteiger partial charge in [0.1, 0.15) is 0 Å². The van der Waals surface area contributed by atoms with Gasteiger partial charge in [-0.1, -0.05) is 53.6 Å². The molecule has 3 aromatic rings. The van der Waals surface area contributed by atoms with Crippen molar-refractivity contribution in [3.8, 4) is 11.3 Å². The van der Waals surface area contributed by atoms with Crippen molar-refractivity contribution in [3.05, 3.63) is 82.0 Å². The topological polar surface area (TPSA) is 60.3 Å². The van der Waals surface area contributed by atoms with Crippen LogP contribution in [-0.2, 0) is 22.5 Å².